The topological polar surface area (TPSA) is 43.4 Å². The molecule has 2 aliphatic carbocycles. The third-order valence-electron chi connectivity index (χ3n) is 7.41. The molecule has 0 amide bonds. The SMILES string of the molecule is CC1C2(C)CC3C1(C)[C@](C)(OS3(=O)=O)C2(C)C. The normalized spacial score (nSPS) is 62.0. The molecular formula is C13H22O3S. The molecule has 0 aromatic carbocycles. The summed E-state index contributed by atoms with van der Waals surface area (Å²) in [6, 6.07) is 0. The number of rotatable bonds is 0. The molecule has 0 aromatic rings. The number of fused-ring (bicyclic) bond motifs is 1. The van der Waals surface area contributed by atoms with E-state index in [0.717, 1.165) is 6.42 Å². The monoisotopic (exact) mass is 258 g/mol. The molecule has 1 saturated heterocycles. The first-order valence-corrected chi connectivity index (χ1v) is 7.87. The maximum atomic E-state index is 12.2. The van der Waals surface area contributed by atoms with Gasteiger partial charge in [0.25, 0.3) is 10.1 Å². The Morgan fingerprint density at radius 2 is 1.65 bits per heavy atom. The van der Waals surface area contributed by atoms with Gasteiger partial charge in [-0.25, -0.2) is 0 Å². The van der Waals surface area contributed by atoms with E-state index in [0.29, 0.717) is 5.92 Å². The highest BCUT2D eigenvalue weighted by Crippen LogP contribution is 2.81. The van der Waals surface area contributed by atoms with Crippen LogP contribution in [0.1, 0.15) is 48.0 Å². The van der Waals surface area contributed by atoms with Crippen molar-refractivity contribution in [2.45, 2.75) is 58.8 Å². The molecule has 0 radical (unpaired) electrons. The lowest BCUT2D eigenvalue weighted by Gasteiger charge is -2.49. The van der Waals surface area contributed by atoms with Crippen LogP contribution in [0.15, 0.2) is 0 Å². The summed E-state index contributed by atoms with van der Waals surface area (Å²) in [4.78, 5) is 0. The third kappa shape index (κ3) is 0.803. The summed E-state index contributed by atoms with van der Waals surface area (Å²) in [6.07, 6.45) is 0.746. The average Bonchev–Trinajstić information content (AvgIpc) is 2.49. The van der Waals surface area contributed by atoms with Gasteiger partial charge in [0.15, 0.2) is 0 Å². The molecule has 3 aliphatic rings. The standard InChI is InChI=1S/C13H22O3S/c1-8-11(4)7-9-12(8,5)13(6,10(11,2)3)16-17(9,14)15/h8-9H,7H2,1-6H3/t8?,9?,11?,12?,13-/m1/s1. The molecule has 1 heterocycles. The molecule has 3 rings (SSSR count). The van der Waals surface area contributed by atoms with Crippen molar-refractivity contribution in [1.29, 1.82) is 0 Å². The van der Waals surface area contributed by atoms with Crippen molar-refractivity contribution in [2.24, 2.45) is 22.2 Å². The van der Waals surface area contributed by atoms with Crippen LogP contribution in [0, 0.1) is 22.2 Å². The third-order valence-corrected chi connectivity index (χ3v) is 9.33. The highest BCUT2D eigenvalue weighted by Gasteiger charge is 2.86. The first-order valence-electron chi connectivity index (χ1n) is 6.40. The van der Waals surface area contributed by atoms with Crippen LogP contribution >= 0.6 is 0 Å². The zero-order valence-corrected chi connectivity index (χ0v) is 12.3. The fraction of sp³-hybridized carbons (Fsp3) is 1.00. The largest absolute Gasteiger partial charge is 0.271 e. The Balaban J connectivity index is 2.38. The van der Waals surface area contributed by atoms with E-state index in [1.165, 1.54) is 0 Å². The number of hydrogen-bond donors (Lipinski definition) is 0. The summed E-state index contributed by atoms with van der Waals surface area (Å²) in [6.45, 7) is 12.9. The molecule has 0 N–H and O–H groups in total. The molecular weight excluding hydrogens is 236 g/mol. The lowest BCUT2D eigenvalue weighted by molar-refractivity contribution is -0.0920. The van der Waals surface area contributed by atoms with Crippen LogP contribution < -0.4 is 0 Å². The minimum Gasteiger partial charge on any atom is -0.262 e. The summed E-state index contributed by atoms with van der Waals surface area (Å²) < 4.78 is 30.1. The van der Waals surface area contributed by atoms with Gasteiger partial charge in [0.1, 0.15) is 0 Å². The maximum Gasteiger partial charge on any atom is 0.271 e. The predicted octanol–water partition coefficient (Wildman–Crippen LogP) is 2.57. The van der Waals surface area contributed by atoms with Gasteiger partial charge in [0, 0.05) is 10.8 Å². The molecule has 0 aromatic heterocycles. The van der Waals surface area contributed by atoms with Gasteiger partial charge in [0.2, 0.25) is 0 Å². The van der Waals surface area contributed by atoms with E-state index in [2.05, 4.69) is 34.6 Å². The molecule has 2 saturated carbocycles. The van der Waals surface area contributed by atoms with Crippen molar-refractivity contribution in [3.63, 3.8) is 0 Å². The van der Waals surface area contributed by atoms with Crippen LogP contribution in [-0.4, -0.2) is 19.3 Å². The van der Waals surface area contributed by atoms with E-state index < -0.39 is 15.7 Å². The van der Waals surface area contributed by atoms with Gasteiger partial charge in [-0.1, -0.05) is 34.6 Å². The molecule has 3 fully saturated rings. The lowest BCUT2D eigenvalue weighted by Crippen LogP contribution is -2.54. The van der Waals surface area contributed by atoms with Crippen molar-refractivity contribution >= 4 is 10.1 Å². The second-order valence-corrected chi connectivity index (χ2v) is 9.07. The average molecular weight is 258 g/mol. The van der Waals surface area contributed by atoms with Gasteiger partial charge in [0.05, 0.1) is 10.9 Å². The zero-order chi connectivity index (χ0) is 13.1. The highest BCUT2D eigenvalue weighted by molar-refractivity contribution is 7.87. The van der Waals surface area contributed by atoms with Crippen molar-refractivity contribution in [3.05, 3.63) is 0 Å². The van der Waals surface area contributed by atoms with Gasteiger partial charge in [-0.15, -0.1) is 0 Å². The minimum atomic E-state index is -3.39. The second-order valence-electron chi connectivity index (χ2n) is 7.35. The van der Waals surface area contributed by atoms with E-state index >= 15 is 0 Å². The van der Waals surface area contributed by atoms with Gasteiger partial charge in [-0.3, -0.25) is 4.18 Å². The quantitative estimate of drug-likeness (QED) is 0.627. The van der Waals surface area contributed by atoms with Gasteiger partial charge >= 0.3 is 0 Å². The summed E-state index contributed by atoms with van der Waals surface area (Å²) in [5, 5.41) is -0.312. The van der Waals surface area contributed by atoms with Gasteiger partial charge in [-0.05, 0) is 24.7 Å². The van der Waals surface area contributed by atoms with Gasteiger partial charge < -0.3 is 0 Å². The molecule has 4 unspecified atom stereocenters. The fourth-order valence-electron chi connectivity index (χ4n) is 5.34. The van der Waals surface area contributed by atoms with Crippen LogP contribution in [0.3, 0.4) is 0 Å². The van der Waals surface area contributed by atoms with Crippen LogP contribution in [0.4, 0.5) is 0 Å². The second kappa shape index (κ2) is 2.46. The van der Waals surface area contributed by atoms with Crippen molar-refractivity contribution in [1.82, 2.24) is 0 Å². The van der Waals surface area contributed by atoms with E-state index in [1.807, 2.05) is 6.92 Å². The lowest BCUT2D eigenvalue weighted by atomic mass is 9.57. The molecule has 1 aliphatic heterocycles. The van der Waals surface area contributed by atoms with Crippen LogP contribution in [0.25, 0.3) is 0 Å². The summed E-state index contributed by atoms with van der Waals surface area (Å²) in [5.41, 5.74) is -0.876. The maximum absolute atomic E-state index is 12.2. The Kier molecular flexibility index (Phi) is 1.73. The summed E-state index contributed by atoms with van der Waals surface area (Å²) in [7, 11) is -3.39. The Bertz CT molecular complexity index is 504. The smallest absolute Gasteiger partial charge is 0.262 e. The molecule has 0 spiro atoms. The first-order chi connectivity index (χ1) is 7.45. The summed E-state index contributed by atoms with van der Waals surface area (Å²) in [5.74, 6) is 0.372. The molecule has 4 heteroatoms. The summed E-state index contributed by atoms with van der Waals surface area (Å²) >= 11 is 0. The Morgan fingerprint density at radius 1 is 1.12 bits per heavy atom. The Labute approximate surface area is 104 Å². The molecule has 3 nitrogen and oxygen atoms in total. The van der Waals surface area contributed by atoms with Crippen LogP contribution in [-0.2, 0) is 14.3 Å². The molecule has 98 valence electrons. The van der Waals surface area contributed by atoms with Gasteiger partial charge in [-0.2, -0.15) is 8.42 Å². The van der Waals surface area contributed by atoms with E-state index in [-0.39, 0.29) is 21.5 Å². The van der Waals surface area contributed by atoms with E-state index in [4.69, 9.17) is 4.18 Å². The molecule has 2 bridgehead atoms. The zero-order valence-electron chi connectivity index (χ0n) is 11.5. The first kappa shape index (κ1) is 12.0. The highest BCUT2D eigenvalue weighted by atomic mass is 32.2. The minimum absolute atomic E-state index is 0.0464. The van der Waals surface area contributed by atoms with Crippen LogP contribution in [0.2, 0.25) is 0 Å². The van der Waals surface area contributed by atoms with Crippen LogP contribution in [0.5, 0.6) is 0 Å². The van der Waals surface area contributed by atoms with E-state index in [1.54, 1.807) is 0 Å². The fourth-order valence-corrected chi connectivity index (χ4v) is 7.88. The van der Waals surface area contributed by atoms with Crippen molar-refractivity contribution in [2.75, 3.05) is 0 Å². The Hall–Kier alpha value is -0.0900. The number of hydrogen-bond acceptors (Lipinski definition) is 3. The predicted molar refractivity (Wildman–Crippen MR) is 66.0 cm³/mol. The molecule has 17 heavy (non-hydrogen) atoms. The Morgan fingerprint density at radius 3 is 2.06 bits per heavy atom. The van der Waals surface area contributed by atoms with Crippen molar-refractivity contribution < 1.29 is 12.6 Å². The molecule has 5 atom stereocenters. The van der Waals surface area contributed by atoms with E-state index in [9.17, 15) is 8.42 Å². The van der Waals surface area contributed by atoms with Crippen molar-refractivity contribution in [3.8, 4) is 0 Å².